The second-order valence-corrected chi connectivity index (χ2v) is 7.10. The molecule has 0 bridgehead atoms. The van der Waals surface area contributed by atoms with E-state index in [0.717, 1.165) is 0 Å². The Hall–Kier alpha value is -2.60. The van der Waals surface area contributed by atoms with Crippen LogP contribution in [0, 0.1) is 0 Å². The van der Waals surface area contributed by atoms with E-state index in [2.05, 4.69) is 0 Å². The van der Waals surface area contributed by atoms with E-state index in [1.54, 1.807) is 0 Å². The third-order valence-corrected chi connectivity index (χ3v) is 4.34. The van der Waals surface area contributed by atoms with E-state index >= 15 is 0 Å². The summed E-state index contributed by atoms with van der Waals surface area (Å²) in [5.41, 5.74) is 0. The Morgan fingerprint density at radius 2 is 0.550 bits per heavy atom. The topological polar surface area (TPSA) is 58.2 Å². The first-order valence-electron chi connectivity index (χ1n) is 8.77. The van der Waals surface area contributed by atoms with Crippen LogP contribution < -0.4 is 10.6 Å². The van der Waals surface area contributed by atoms with Crippen molar-refractivity contribution in [1.82, 2.24) is 10.6 Å². The lowest BCUT2D eigenvalue weighted by Gasteiger charge is -2.36. The zero-order valence-electron chi connectivity index (χ0n) is 17.5. The molecule has 0 saturated carbocycles. The van der Waals surface area contributed by atoms with Crippen molar-refractivity contribution in [2.75, 3.05) is 13.1 Å². The van der Waals surface area contributed by atoms with Crippen LogP contribution in [-0.2, 0) is 9.59 Å². The van der Waals surface area contributed by atoms with Gasteiger partial charge in [0.05, 0.1) is 0 Å². The second-order valence-electron chi connectivity index (χ2n) is 7.10. The summed E-state index contributed by atoms with van der Waals surface area (Å²) in [6.07, 6.45) is -15.2. The van der Waals surface area contributed by atoms with Gasteiger partial charge < -0.3 is 10.6 Å². The maximum atomic E-state index is 13.4. The molecule has 0 aliphatic heterocycles. The molecule has 0 fully saturated rings. The summed E-state index contributed by atoms with van der Waals surface area (Å²) in [4.78, 5) is 22.0. The minimum absolute atomic E-state index is 0.219. The molecule has 0 aliphatic carbocycles. The summed E-state index contributed by atoms with van der Waals surface area (Å²) in [6, 6.07) is 0. The molecular formula is C14H6F22N2O2. The van der Waals surface area contributed by atoms with E-state index in [4.69, 9.17) is 0 Å². The number of halogens is 22. The summed E-state index contributed by atoms with van der Waals surface area (Å²) in [5.74, 6) is -70.1. The van der Waals surface area contributed by atoms with Gasteiger partial charge in [0.25, 0.3) is 11.8 Å². The quantitative estimate of drug-likeness (QED) is 0.232. The Labute approximate surface area is 203 Å². The summed E-state index contributed by atoms with van der Waals surface area (Å²) in [5, 5.41) is 0.438. The maximum Gasteiger partial charge on any atom is 0.460 e. The minimum Gasteiger partial charge on any atom is -0.349 e. The summed E-state index contributed by atoms with van der Waals surface area (Å²) >= 11 is 0. The Bertz CT molecular complexity index is 872. The highest BCUT2D eigenvalue weighted by atomic mass is 19.4. The van der Waals surface area contributed by atoms with Gasteiger partial charge in [-0.2, -0.15) is 96.6 Å². The van der Waals surface area contributed by atoms with Gasteiger partial charge in [-0.3, -0.25) is 9.59 Å². The number of nitrogens with one attached hydrogen (secondary N) is 2. The first kappa shape index (κ1) is 37.4. The van der Waals surface area contributed by atoms with Crippen molar-refractivity contribution in [2.24, 2.45) is 0 Å². The standard InChI is InChI=1S/C14H6F22N2O2/c15-5(16,7(19,20)9(23,24)11(27,28)13(31,32)33)3(39)37-1-2-38-4(40)6(17,18)8(21,22)10(25,26)12(29,30)14(34,35)36/h1-2H2,(H,37,39)(H,38,40). The van der Waals surface area contributed by atoms with Crippen molar-refractivity contribution >= 4 is 11.8 Å². The van der Waals surface area contributed by atoms with E-state index in [1.165, 1.54) is 0 Å². The van der Waals surface area contributed by atoms with Crippen LogP contribution in [0.5, 0.6) is 0 Å². The molecule has 0 aromatic rings. The first-order valence-corrected chi connectivity index (χ1v) is 8.77. The van der Waals surface area contributed by atoms with E-state index in [9.17, 15) is 106 Å². The first-order chi connectivity index (χ1) is 17.0. The molecular weight excluding hydrogens is 646 g/mol. The number of hydrogen-bond donors (Lipinski definition) is 2. The van der Waals surface area contributed by atoms with E-state index < -0.39 is 84.6 Å². The molecule has 238 valence electrons. The Morgan fingerprint density at radius 1 is 0.350 bits per heavy atom. The second kappa shape index (κ2) is 10.0. The molecule has 40 heavy (non-hydrogen) atoms. The molecule has 0 heterocycles. The molecule has 0 saturated heterocycles. The predicted octanol–water partition coefficient (Wildman–Crippen LogP) is 5.43. The number of carbonyl (C=O) groups excluding carboxylic acids is 2. The molecule has 4 nitrogen and oxygen atoms in total. The monoisotopic (exact) mass is 652 g/mol. The Kier molecular flexibility index (Phi) is 9.39. The number of alkyl halides is 22. The van der Waals surface area contributed by atoms with Gasteiger partial charge in [0.1, 0.15) is 0 Å². The summed E-state index contributed by atoms with van der Waals surface area (Å²) < 4.78 is 281. The molecule has 2 amide bonds. The predicted molar refractivity (Wildman–Crippen MR) is 77.7 cm³/mol. The van der Waals surface area contributed by atoms with Crippen LogP contribution >= 0.6 is 0 Å². The average molecular weight is 652 g/mol. The van der Waals surface area contributed by atoms with Crippen molar-refractivity contribution < 1.29 is 106 Å². The van der Waals surface area contributed by atoms with Crippen LogP contribution in [-0.4, -0.2) is 84.6 Å². The van der Waals surface area contributed by atoms with Crippen molar-refractivity contribution in [3.05, 3.63) is 0 Å². The van der Waals surface area contributed by atoms with Gasteiger partial charge in [-0.05, 0) is 0 Å². The zero-order valence-corrected chi connectivity index (χ0v) is 17.5. The van der Waals surface area contributed by atoms with Crippen molar-refractivity contribution in [2.45, 2.75) is 59.7 Å². The molecule has 0 radical (unpaired) electrons. The van der Waals surface area contributed by atoms with Gasteiger partial charge in [0, 0.05) is 13.1 Å². The third-order valence-electron chi connectivity index (χ3n) is 4.34. The fourth-order valence-electron chi connectivity index (χ4n) is 2.00. The SMILES string of the molecule is O=C(NCCNC(=O)C(F)(F)C(F)(F)C(F)(F)C(F)(F)C(F)(F)F)C(F)(F)C(F)(F)C(F)(F)C(F)(F)C(F)(F)F. The Morgan fingerprint density at radius 3 is 0.725 bits per heavy atom. The molecule has 26 heteroatoms. The van der Waals surface area contributed by atoms with Crippen LogP contribution in [0.4, 0.5) is 96.6 Å². The fourth-order valence-corrected chi connectivity index (χ4v) is 2.00. The highest BCUT2D eigenvalue weighted by Gasteiger charge is 2.89. The third kappa shape index (κ3) is 5.36. The summed E-state index contributed by atoms with van der Waals surface area (Å²) in [6.45, 7) is -4.32. The van der Waals surface area contributed by atoms with Crippen LogP contribution in [0.25, 0.3) is 0 Å². The average Bonchev–Trinajstić information content (AvgIpc) is 2.73. The smallest absolute Gasteiger partial charge is 0.349 e. The lowest BCUT2D eigenvalue weighted by molar-refractivity contribution is -0.417. The fraction of sp³-hybridized carbons (Fsp3) is 0.857. The molecule has 0 atom stereocenters. The van der Waals surface area contributed by atoms with E-state index in [1.807, 2.05) is 0 Å². The van der Waals surface area contributed by atoms with Crippen LogP contribution in [0.3, 0.4) is 0 Å². The molecule has 0 unspecified atom stereocenters. The Balaban J connectivity index is 5.70. The highest BCUT2D eigenvalue weighted by Crippen LogP contribution is 2.58. The molecule has 0 aromatic carbocycles. The molecule has 0 aromatic heterocycles. The van der Waals surface area contributed by atoms with Crippen molar-refractivity contribution in [1.29, 1.82) is 0 Å². The van der Waals surface area contributed by atoms with Gasteiger partial charge >= 0.3 is 59.7 Å². The van der Waals surface area contributed by atoms with E-state index in [-0.39, 0.29) is 10.6 Å². The maximum absolute atomic E-state index is 13.4. The largest absolute Gasteiger partial charge is 0.460 e. The lowest BCUT2D eigenvalue weighted by Crippen LogP contribution is -2.69. The van der Waals surface area contributed by atoms with Crippen LogP contribution in [0.2, 0.25) is 0 Å². The number of amides is 2. The van der Waals surface area contributed by atoms with Crippen LogP contribution in [0.15, 0.2) is 0 Å². The summed E-state index contributed by atoms with van der Waals surface area (Å²) in [7, 11) is 0. The van der Waals surface area contributed by atoms with Gasteiger partial charge in [-0.25, -0.2) is 0 Å². The number of hydrogen-bond acceptors (Lipinski definition) is 2. The van der Waals surface area contributed by atoms with Crippen molar-refractivity contribution in [3.8, 4) is 0 Å². The van der Waals surface area contributed by atoms with E-state index in [0.29, 0.717) is 0 Å². The number of carbonyl (C=O) groups is 2. The molecule has 0 spiro atoms. The minimum atomic E-state index is -8.08. The zero-order chi connectivity index (χ0) is 33.0. The van der Waals surface area contributed by atoms with Gasteiger partial charge in [-0.15, -0.1) is 0 Å². The van der Waals surface area contributed by atoms with Gasteiger partial charge in [-0.1, -0.05) is 0 Å². The highest BCUT2D eigenvalue weighted by molar-refractivity contribution is 5.86. The molecule has 2 N–H and O–H groups in total. The lowest BCUT2D eigenvalue weighted by atomic mass is 9.97. The number of rotatable bonds is 11. The van der Waals surface area contributed by atoms with Gasteiger partial charge in [0.2, 0.25) is 0 Å². The normalized spacial score (nSPS) is 15.7. The van der Waals surface area contributed by atoms with Crippen molar-refractivity contribution in [3.63, 3.8) is 0 Å². The molecule has 0 aliphatic rings. The molecule has 0 rings (SSSR count). The van der Waals surface area contributed by atoms with Crippen LogP contribution in [0.1, 0.15) is 0 Å². The van der Waals surface area contributed by atoms with Gasteiger partial charge in [0.15, 0.2) is 0 Å².